The van der Waals surface area contributed by atoms with Gasteiger partial charge in [-0.3, -0.25) is 4.79 Å². The molecule has 0 bridgehead atoms. The van der Waals surface area contributed by atoms with Crippen molar-refractivity contribution in [3.63, 3.8) is 0 Å². The minimum Gasteiger partial charge on any atom is -0.356 e. The molecule has 0 fully saturated rings. The highest BCUT2D eigenvalue weighted by atomic mass is 16.1. The summed E-state index contributed by atoms with van der Waals surface area (Å²) < 4.78 is 0. The molecule has 3 nitrogen and oxygen atoms in total. The van der Waals surface area contributed by atoms with Gasteiger partial charge in [0.2, 0.25) is 0 Å². The average Bonchev–Trinajstić information content (AvgIpc) is 2.26. The van der Waals surface area contributed by atoms with Gasteiger partial charge in [0.05, 0.1) is 0 Å². The highest BCUT2D eigenvalue weighted by Gasteiger charge is 2.14. The van der Waals surface area contributed by atoms with Crippen LogP contribution in [0.3, 0.4) is 0 Å². The van der Waals surface area contributed by atoms with Crippen LogP contribution >= 0.6 is 0 Å². The van der Waals surface area contributed by atoms with E-state index in [-0.39, 0.29) is 0 Å². The van der Waals surface area contributed by atoms with E-state index in [0.29, 0.717) is 17.4 Å². The number of aromatic nitrogens is 1. The lowest BCUT2D eigenvalue weighted by Crippen LogP contribution is -2.32. The summed E-state index contributed by atoms with van der Waals surface area (Å²) in [6.45, 7) is 12.8. The number of aldehydes is 1. The van der Waals surface area contributed by atoms with Crippen LogP contribution < -0.4 is 4.90 Å². The molecule has 0 spiro atoms. The van der Waals surface area contributed by atoms with Gasteiger partial charge in [-0.05, 0) is 30.4 Å². The summed E-state index contributed by atoms with van der Waals surface area (Å²) >= 11 is 0. The molecule has 0 aliphatic rings. The molecule has 0 amide bonds. The van der Waals surface area contributed by atoms with Crippen molar-refractivity contribution in [2.75, 3.05) is 18.0 Å². The summed E-state index contributed by atoms with van der Waals surface area (Å²) in [6.07, 6.45) is 2.50. The summed E-state index contributed by atoms with van der Waals surface area (Å²) in [5.74, 6) is 2.19. The second kappa shape index (κ2) is 6.53. The standard InChI is InChI=1S/C15H24N2O/c1-11(2)8-17(9-12(3)4)15-13(5)6-14(10-18)7-16-15/h6-7,10-12H,8-9H2,1-5H3. The fourth-order valence-corrected chi connectivity index (χ4v) is 2.11. The van der Waals surface area contributed by atoms with E-state index in [4.69, 9.17) is 0 Å². The third-order valence-corrected chi connectivity index (χ3v) is 2.68. The van der Waals surface area contributed by atoms with Crippen molar-refractivity contribution in [2.24, 2.45) is 11.8 Å². The van der Waals surface area contributed by atoms with Gasteiger partial charge in [-0.25, -0.2) is 4.98 Å². The van der Waals surface area contributed by atoms with Crippen LogP contribution in [0.5, 0.6) is 0 Å². The van der Waals surface area contributed by atoms with Gasteiger partial charge in [0, 0.05) is 24.8 Å². The first-order chi connectivity index (χ1) is 8.43. The Kier molecular flexibility index (Phi) is 5.32. The Morgan fingerprint density at radius 2 is 1.78 bits per heavy atom. The highest BCUT2D eigenvalue weighted by molar-refractivity contribution is 5.75. The molecular formula is C15H24N2O. The largest absolute Gasteiger partial charge is 0.356 e. The molecule has 0 atom stereocenters. The Morgan fingerprint density at radius 1 is 1.22 bits per heavy atom. The fourth-order valence-electron chi connectivity index (χ4n) is 2.11. The maximum Gasteiger partial charge on any atom is 0.151 e. The monoisotopic (exact) mass is 248 g/mol. The molecule has 0 aliphatic heterocycles. The van der Waals surface area contributed by atoms with Crippen LogP contribution in [0.4, 0.5) is 5.82 Å². The minimum absolute atomic E-state index is 0.593. The van der Waals surface area contributed by atoms with E-state index in [1.807, 2.05) is 13.0 Å². The Bertz CT molecular complexity index is 389. The van der Waals surface area contributed by atoms with E-state index in [0.717, 1.165) is 30.8 Å². The first kappa shape index (κ1) is 14.7. The van der Waals surface area contributed by atoms with Crippen LogP contribution in [-0.2, 0) is 0 Å². The average molecular weight is 248 g/mol. The maximum atomic E-state index is 10.7. The van der Waals surface area contributed by atoms with Gasteiger partial charge in [-0.15, -0.1) is 0 Å². The Morgan fingerprint density at radius 3 is 2.17 bits per heavy atom. The molecule has 3 heteroatoms. The zero-order valence-corrected chi connectivity index (χ0v) is 12.1. The Labute approximate surface area is 110 Å². The second-order valence-electron chi connectivity index (χ2n) is 5.72. The number of hydrogen-bond donors (Lipinski definition) is 0. The van der Waals surface area contributed by atoms with E-state index in [1.54, 1.807) is 6.20 Å². The number of carbonyl (C=O) groups excluding carboxylic acids is 1. The van der Waals surface area contributed by atoms with Crippen molar-refractivity contribution < 1.29 is 4.79 Å². The Hall–Kier alpha value is -1.38. The normalized spacial score (nSPS) is 11.1. The van der Waals surface area contributed by atoms with E-state index >= 15 is 0 Å². The first-order valence-corrected chi connectivity index (χ1v) is 6.60. The summed E-state index contributed by atoms with van der Waals surface area (Å²) in [5.41, 5.74) is 1.71. The number of pyridine rings is 1. The first-order valence-electron chi connectivity index (χ1n) is 6.60. The highest BCUT2D eigenvalue weighted by Crippen LogP contribution is 2.20. The van der Waals surface area contributed by atoms with Crippen molar-refractivity contribution in [3.05, 3.63) is 23.4 Å². The quantitative estimate of drug-likeness (QED) is 0.724. The Balaban J connectivity index is 3.00. The molecule has 0 unspecified atom stereocenters. The van der Waals surface area contributed by atoms with Crippen molar-refractivity contribution in [3.8, 4) is 0 Å². The molecule has 1 heterocycles. The van der Waals surface area contributed by atoms with Gasteiger partial charge in [0.25, 0.3) is 0 Å². The zero-order valence-electron chi connectivity index (χ0n) is 12.1. The summed E-state index contributed by atoms with van der Waals surface area (Å²) in [5, 5.41) is 0. The lowest BCUT2D eigenvalue weighted by molar-refractivity contribution is 0.112. The molecule has 0 radical (unpaired) electrons. The van der Waals surface area contributed by atoms with Crippen molar-refractivity contribution >= 4 is 12.1 Å². The van der Waals surface area contributed by atoms with E-state index in [1.165, 1.54) is 0 Å². The predicted octanol–water partition coefficient (Wildman–Crippen LogP) is 3.32. The van der Waals surface area contributed by atoms with Crippen LogP contribution in [0.15, 0.2) is 12.3 Å². The molecule has 0 N–H and O–H groups in total. The molecule has 0 aliphatic carbocycles. The van der Waals surface area contributed by atoms with E-state index < -0.39 is 0 Å². The summed E-state index contributed by atoms with van der Waals surface area (Å²) in [7, 11) is 0. The number of rotatable bonds is 6. The topological polar surface area (TPSA) is 33.2 Å². The van der Waals surface area contributed by atoms with E-state index in [9.17, 15) is 4.79 Å². The lowest BCUT2D eigenvalue weighted by atomic mass is 10.1. The molecule has 0 aromatic carbocycles. The molecule has 1 aromatic heterocycles. The second-order valence-corrected chi connectivity index (χ2v) is 5.72. The predicted molar refractivity (Wildman–Crippen MR) is 76.3 cm³/mol. The van der Waals surface area contributed by atoms with Crippen LogP contribution in [0.1, 0.15) is 43.6 Å². The SMILES string of the molecule is Cc1cc(C=O)cnc1N(CC(C)C)CC(C)C. The molecule has 18 heavy (non-hydrogen) atoms. The van der Waals surface area contributed by atoms with Crippen LogP contribution in [-0.4, -0.2) is 24.4 Å². The summed E-state index contributed by atoms with van der Waals surface area (Å²) in [6, 6.07) is 1.91. The van der Waals surface area contributed by atoms with Crippen LogP contribution in [0.25, 0.3) is 0 Å². The molecule has 0 saturated carbocycles. The molecule has 1 aromatic rings. The lowest BCUT2D eigenvalue weighted by Gasteiger charge is -2.28. The van der Waals surface area contributed by atoms with Gasteiger partial charge < -0.3 is 4.90 Å². The van der Waals surface area contributed by atoms with Crippen LogP contribution in [0, 0.1) is 18.8 Å². The van der Waals surface area contributed by atoms with Crippen LogP contribution in [0.2, 0.25) is 0 Å². The maximum absolute atomic E-state index is 10.7. The number of carbonyl (C=O) groups is 1. The van der Waals surface area contributed by atoms with Gasteiger partial charge in [0.1, 0.15) is 5.82 Å². The van der Waals surface area contributed by atoms with E-state index in [2.05, 4.69) is 37.6 Å². The zero-order chi connectivity index (χ0) is 13.7. The number of anilines is 1. The van der Waals surface area contributed by atoms with Gasteiger partial charge in [-0.2, -0.15) is 0 Å². The van der Waals surface area contributed by atoms with Gasteiger partial charge >= 0.3 is 0 Å². The smallest absolute Gasteiger partial charge is 0.151 e. The molecule has 0 saturated heterocycles. The third kappa shape index (κ3) is 4.13. The number of nitrogens with zero attached hydrogens (tertiary/aromatic N) is 2. The fraction of sp³-hybridized carbons (Fsp3) is 0.600. The van der Waals surface area contributed by atoms with Crippen molar-refractivity contribution in [1.29, 1.82) is 0 Å². The molecule has 1 rings (SSSR count). The molecule has 100 valence electrons. The van der Waals surface area contributed by atoms with Gasteiger partial charge in [0.15, 0.2) is 6.29 Å². The number of hydrogen-bond acceptors (Lipinski definition) is 3. The number of aryl methyl sites for hydroxylation is 1. The summed E-state index contributed by atoms with van der Waals surface area (Å²) in [4.78, 5) is 17.5. The molecular weight excluding hydrogens is 224 g/mol. The third-order valence-electron chi connectivity index (χ3n) is 2.68. The van der Waals surface area contributed by atoms with Crippen molar-refractivity contribution in [1.82, 2.24) is 4.98 Å². The minimum atomic E-state index is 0.593. The van der Waals surface area contributed by atoms with Gasteiger partial charge in [-0.1, -0.05) is 27.7 Å². The van der Waals surface area contributed by atoms with Crippen molar-refractivity contribution in [2.45, 2.75) is 34.6 Å².